The Morgan fingerprint density at radius 1 is 1.83 bits per heavy atom. The molecule has 0 bridgehead atoms. The van der Waals surface area contributed by atoms with E-state index < -0.39 is 11.6 Å². The summed E-state index contributed by atoms with van der Waals surface area (Å²) in [5.74, 6) is -0.187. The van der Waals surface area contributed by atoms with Crippen molar-refractivity contribution in [2.24, 2.45) is 0 Å². The van der Waals surface area contributed by atoms with Crippen LogP contribution in [-0.2, 0) is 6.54 Å². The number of hydrogen-bond donors (Lipinski definition) is 1. The van der Waals surface area contributed by atoms with Gasteiger partial charge in [0.15, 0.2) is 0 Å². The molecule has 7 heteroatoms. The Morgan fingerprint density at radius 3 is 2.92 bits per heavy atom. The normalized spacial score (nSPS) is 10.1. The van der Waals surface area contributed by atoms with Gasteiger partial charge >= 0.3 is 5.69 Å². The summed E-state index contributed by atoms with van der Waals surface area (Å²) in [7, 11) is 0. The van der Waals surface area contributed by atoms with Crippen molar-refractivity contribution >= 4 is 11.5 Å². The molecule has 0 spiro atoms. The summed E-state index contributed by atoms with van der Waals surface area (Å²) in [6.07, 6.45) is 1.11. The number of nitrogen functional groups attached to an aromatic ring is 1. The average Bonchev–Trinajstić information content (AvgIpc) is 2.32. The maximum atomic E-state index is 11.7. The largest absolute Gasteiger partial charge is 0.376 e. The van der Waals surface area contributed by atoms with E-state index in [0.29, 0.717) is 0 Å². The van der Waals surface area contributed by atoms with Gasteiger partial charge in [0.1, 0.15) is 12.9 Å². The molecule has 0 radical (unpaired) electrons. The summed E-state index contributed by atoms with van der Waals surface area (Å²) in [5, 5.41) is 13.8. The lowest BCUT2D eigenvalue weighted by atomic mass is 10.5. The van der Waals surface area contributed by atoms with Crippen molar-refractivity contribution in [1.82, 2.24) is 9.78 Å². The van der Waals surface area contributed by atoms with Crippen molar-refractivity contribution in [1.29, 1.82) is 0 Å². The van der Waals surface area contributed by atoms with Crippen LogP contribution in [0.3, 0.4) is 0 Å². The number of rotatable bonds is 3. The summed E-state index contributed by atoms with van der Waals surface area (Å²) >= 11 is 0. The lowest BCUT2D eigenvalue weighted by molar-refractivity contribution is -0.384. The first-order valence-electron chi connectivity index (χ1n) is 3.18. The number of nitrogens with zero attached hydrogens (tertiary/aromatic N) is 3. The highest BCUT2D eigenvalue weighted by Gasteiger charge is 2.15. The van der Waals surface area contributed by atoms with Crippen LogP contribution < -0.4 is 5.73 Å². The fraction of sp³-hybridized carbons (Fsp3) is 0.400. The van der Waals surface area contributed by atoms with Crippen LogP contribution in [-0.4, -0.2) is 21.4 Å². The van der Waals surface area contributed by atoms with Gasteiger partial charge in [0.2, 0.25) is 5.82 Å². The van der Waals surface area contributed by atoms with Crippen molar-refractivity contribution in [3.63, 3.8) is 0 Å². The molecule has 1 aromatic rings. The highest BCUT2D eigenvalue weighted by molar-refractivity contribution is 5.50. The standard InChI is InChI=1S/C5H7FN4O2/c6-1-2-9-3-4(10(11)12)5(7)8-9/h3H,1-2H2,(H2,7,8). The SMILES string of the molecule is Nc1nn(CCF)cc1[N+](=O)[O-]. The van der Waals surface area contributed by atoms with Crippen molar-refractivity contribution < 1.29 is 9.31 Å². The van der Waals surface area contributed by atoms with Crippen molar-refractivity contribution in [2.45, 2.75) is 6.54 Å². The quantitative estimate of drug-likeness (QED) is 0.528. The van der Waals surface area contributed by atoms with Gasteiger partial charge in [-0.25, -0.2) is 4.39 Å². The minimum absolute atomic E-state index is 0.0158. The molecule has 0 aromatic carbocycles. The molecule has 1 heterocycles. The Balaban J connectivity index is 2.92. The zero-order chi connectivity index (χ0) is 9.14. The highest BCUT2D eigenvalue weighted by Crippen LogP contribution is 2.17. The van der Waals surface area contributed by atoms with Gasteiger partial charge in [-0.1, -0.05) is 0 Å². The molecule has 1 aromatic heterocycles. The third kappa shape index (κ3) is 1.49. The van der Waals surface area contributed by atoms with Gasteiger partial charge in [-0.2, -0.15) is 0 Å². The number of aromatic nitrogens is 2. The fourth-order valence-electron chi connectivity index (χ4n) is 0.768. The van der Waals surface area contributed by atoms with E-state index in [-0.39, 0.29) is 18.1 Å². The summed E-state index contributed by atoms with van der Waals surface area (Å²) in [6, 6.07) is 0. The molecule has 0 unspecified atom stereocenters. The lowest BCUT2D eigenvalue weighted by Crippen LogP contribution is -2.00. The van der Waals surface area contributed by atoms with Gasteiger partial charge < -0.3 is 5.73 Å². The highest BCUT2D eigenvalue weighted by atomic mass is 19.1. The van der Waals surface area contributed by atoms with E-state index in [2.05, 4.69) is 5.10 Å². The maximum Gasteiger partial charge on any atom is 0.330 e. The second-order valence-corrected chi connectivity index (χ2v) is 2.11. The topological polar surface area (TPSA) is 87.0 Å². The Hall–Kier alpha value is -1.66. The molecule has 0 aliphatic carbocycles. The van der Waals surface area contributed by atoms with E-state index in [1.165, 1.54) is 0 Å². The molecule has 0 fully saturated rings. The van der Waals surface area contributed by atoms with Crippen LogP contribution in [0.15, 0.2) is 6.20 Å². The average molecular weight is 174 g/mol. The van der Waals surface area contributed by atoms with Crippen LogP contribution in [0.25, 0.3) is 0 Å². The first-order chi connectivity index (χ1) is 5.65. The van der Waals surface area contributed by atoms with Crippen LogP contribution in [0.1, 0.15) is 0 Å². The van der Waals surface area contributed by atoms with Gasteiger partial charge in [-0.15, -0.1) is 5.10 Å². The lowest BCUT2D eigenvalue weighted by Gasteiger charge is -1.90. The first kappa shape index (κ1) is 8.44. The van der Waals surface area contributed by atoms with E-state index in [0.717, 1.165) is 10.9 Å². The number of anilines is 1. The van der Waals surface area contributed by atoms with E-state index in [4.69, 9.17) is 5.73 Å². The molecule has 0 saturated carbocycles. The summed E-state index contributed by atoms with van der Waals surface area (Å²) in [6.45, 7) is -0.643. The molecule has 0 amide bonds. The Kier molecular flexibility index (Phi) is 2.22. The second-order valence-electron chi connectivity index (χ2n) is 2.11. The second kappa shape index (κ2) is 3.16. The van der Waals surface area contributed by atoms with E-state index in [1.54, 1.807) is 0 Å². The number of nitrogens with two attached hydrogens (primary N) is 1. The number of halogens is 1. The maximum absolute atomic E-state index is 11.7. The van der Waals surface area contributed by atoms with Gasteiger partial charge in [-0.3, -0.25) is 14.8 Å². The number of hydrogen-bond acceptors (Lipinski definition) is 4. The predicted molar refractivity (Wildman–Crippen MR) is 39.3 cm³/mol. The predicted octanol–water partition coefficient (Wildman–Crippen LogP) is 0.343. The number of aryl methyl sites for hydroxylation is 1. The van der Waals surface area contributed by atoms with Gasteiger partial charge in [0.05, 0.1) is 11.5 Å². The molecular formula is C5H7FN4O2. The van der Waals surface area contributed by atoms with Crippen molar-refractivity contribution in [3.8, 4) is 0 Å². The fourth-order valence-corrected chi connectivity index (χ4v) is 0.768. The van der Waals surface area contributed by atoms with Crippen LogP contribution in [0, 0.1) is 10.1 Å². The van der Waals surface area contributed by atoms with Gasteiger partial charge in [0.25, 0.3) is 0 Å². The number of nitro groups is 1. The molecule has 2 N–H and O–H groups in total. The molecule has 0 saturated heterocycles. The van der Waals surface area contributed by atoms with Gasteiger partial charge in [-0.05, 0) is 0 Å². The molecule has 12 heavy (non-hydrogen) atoms. The third-order valence-corrected chi connectivity index (χ3v) is 1.28. The number of alkyl halides is 1. The Bertz CT molecular complexity index is 298. The van der Waals surface area contributed by atoms with E-state index >= 15 is 0 Å². The van der Waals surface area contributed by atoms with E-state index in [9.17, 15) is 14.5 Å². The first-order valence-corrected chi connectivity index (χ1v) is 3.18. The molecule has 1 rings (SSSR count). The Morgan fingerprint density at radius 2 is 2.50 bits per heavy atom. The van der Waals surface area contributed by atoms with Gasteiger partial charge in [0, 0.05) is 0 Å². The van der Waals surface area contributed by atoms with Crippen LogP contribution in [0.2, 0.25) is 0 Å². The summed E-state index contributed by atoms with van der Waals surface area (Å²) in [4.78, 5) is 9.56. The smallest absolute Gasteiger partial charge is 0.330 e. The monoisotopic (exact) mass is 174 g/mol. The summed E-state index contributed by atoms with van der Waals surface area (Å²) < 4.78 is 12.9. The molecule has 66 valence electrons. The zero-order valence-electron chi connectivity index (χ0n) is 6.11. The zero-order valence-corrected chi connectivity index (χ0v) is 6.11. The minimum atomic E-state index is -0.656. The van der Waals surface area contributed by atoms with Crippen LogP contribution in [0.5, 0.6) is 0 Å². The van der Waals surface area contributed by atoms with Crippen LogP contribution in [0.4, 0.5) is 15.9 Å². The van der Waals surface area contributed by atoms with Crippen molar-refractivity contribution in [2.75, 3.05) is 12.4 Å². The minimum Gasteiger partial charge on any atom is -0.376 e. The third-order valence-electron chi connectivity index (χ3n) is 1.28. The molecule has 0 atom stereocenters. The van der Waals surface area contributed by atoms with Crippen molar-refractivity contribution in [3.05, 3.63) is 16.3 Å². The molecule has 6 nitrogen and oxygen atoms in total. The molecular weight excluding hydrogens is 167 g/mol. The van der Waals surface area contributed by atoms with Crippen LogP contribution >= 0.6 is 0 Å². The summed E-state index contributed by atoms with van der Waals surface area (Å²) in [5.41, 5.74) is 4.89. The molecule has 0 aliphatic heterocycles. The Labute approximate surface area is 66.9 Å². The molecule has 0 aliphatic rings. The van der Waals surface area contributed by atoms with E-state index in [1.807, 2.05) is 0 Å².